The van der Waals surface area contributed by atoms with Crippen molar-refractivity contribution >= 4 is 83.2 Å². The maximum absolute atomic E-state index is 12.3. The molecule has 1 aliphatic rings. The van der Waals surface area contributed by atoms with Crippen LogP contribution in [0.2, 0.25) is 0 Å². The van der Waals surface area contributed by atoms with E-state index in [2.05, 4.69) is 170 Å². The summed E-state index contributed by atoms with van der Waals surface area (Å²) in [5.41, 5.74) is 5.48. The van der Waals surface area contributed by atoms with E-state index in [0.717, 1.165) is 98.0 Å². The first-order chi connectivity index (χ1) is 26.0. The summed E-state index contributed by atoms with van der Waals surface area (Å²) in [7, 11) is 0. The molecule has 0 saturated carbocycles. The third kappa shape index (κ3) is 4.67. The Bertz CT molecular complexity index is 2920. The minimum absolute atomic E-state index is 0.528. The molecule has 0 aliphatic carbocycles. The van der Waals surface area contributed by atoms with Crippen LogP contribution in [-0.2, 0) is 11.8 Å². The molecule has 10 aromatic carbocycles. The van der Waals surface area contributed by atoms with E-state index in [1.165, 1.54) is 0 Å². The van der Waals surface area contributed by atoms with Gasteiger partial charge in [-0.1, -0.05) is 146 Å². The Hall–Kier alpha value is -6.03. The van der Waals surface area contributed by atoms with Gasteiger partial charge in [-0.3, -0.25) is 0 Å². The van der Waals surface area contributed by atoms with Gasteiger partial charge in [-0.25, -0.2) is 0 Å². The van der Waals surface area contributed by atoms with Crippen LogP contribution in [0.25, 0.3) is 98.0 Å². The molecule has 0 spiro atoms. The zero-order valence-corrected chi connectivity index (χ0v) is 30.0. The Kier molecular flexibility index (Phi) is 6.63. The fraction of sp³-hybridized carbons (Fsp3) is 0. The van der Waals surface area contributed by atoms with Crippen LogP contribution in [0, 0.1) is 0 Å². The number of benzene rings is 10. The van der Waals surface area contributed by atoms with Crippen LogP contribution in [0.5, 0.6) is 11.5 Å². The fourth-order valence-corrected chi connectivity index (χ4v) is 9.90. The predicted octanol–water partition coefficient (Wildman–Crippen LogP) is 13.6. The molecular weight excluding hydrogens is 688 g/mol. The van der Waals surface area contributed by atoms with E-state index in [1.54, 1.807) is 0 Å². The highest BCUT2D eigenvalue weighted by Gasteiger charge is 2.36. The lowest BCUT2D eigenvalue weighted by molar-refractivity contribution is 0.384. The van der Waals surface area contributed by atoms with Crippen molar-refractivity contribution in [2.24, 2.45) is 0 Å². The zero-order valence-electron chi connectivity index (χ0n) is 28.3. The summed E-state index contributed by atoms with van der Waals surface area (Å²) in [6.45, 7) is -3.95. The van der Waals surface area contributed by atoms with Crippen molar-refractivity contribution in [3.05, 3.63) is 170 Å². The highest BCUT2D eigenvalue weighted by molar-refractivity contribution is 8.07. The van der Waals surface area contributed by atoms with Crippen molar-refractivity contribution in [3.8, 4) is 44.9 Å². The van der Waals surface area contributed by atoms with Gasteiger partial charge in [0.05, 0.1) is 0 Å². The minimum atomic E-state index is -3.95. The normalized spacial score (nSPS) is 13.5. The molecule has 250 valence electrons. The van der Waals surface area contributed by atoms with Gasteiger partial charge in [0.15, 0.2) is 0 Å². The number of hydrogen-bond acceptors (Lipinski definition) is 3. The number of hydrogen-bond donors (Lipinski definition) is 1. The average molecular weight is 717 g/mol. The van der Waals surface area contributed by atoms with Crippen LogP contribution in [0.1, 0.15) is 0 Å². The third-order valence-corrected chi connectivity index (χ3v) is 12.0. The van der Waals surface area contributed by atoms with E-state index in [9.17, 15) is 4.89 Å². The van der Waals surface area contributed by atoms with Crippen molar-refractivity contribution in [2.75, 3.05) is 0 Å². The van der Waals surface area contributed by atoms with E-state index in [1.807, 2.05) is 0 Å². The first kappa shape index (κ1) is 30.6. The van der Waals surface area contributed by atoms with Crippen LogP contribution >= 0.6 is 6.72 Å². The number of rotatable bonds is 2. The minimum Gasteiger partial charge on any atom is -0.414 e. The molecular formula is C48H29O3PS. The van der Waals surface area contributed by atoms with Gasteiger partial charge in [-0.05, 0) is 88.9 Å². The maximum atomic E-state index is 12.3. The Morgan fingerprint density at radius 3 is 0.887 bits per heavy atom. The third-order valence-electron chi connectivity index (χ3n) is 10.7. The molecule has 3 nitrogen and oxygen atoms in total. The van der Waals surface area contributed by atoms with Crippen LogP contribution < -0.4 is 9.05 Å². The molecule has 53 heavy (non-hydrogen) atoms. The van der Waals surface area contributed by atoms with Crippen molar-refractivity contribution < 1.29 is 13.9 Å². The van der Waals surface area contributed by atoms with Crippen molar-refractivity contribution in [1.82, 2.24) is 0 Å². The molecule has 0 amide bonds. The van der Waals surface area contributed by atoms with E-state index in [0.29, 0.717) is 11.5 Å². The van der Waals surface area contributed by atoms with E-state index in [4.69, 9.17) is 20.9 Å². The SMILES string of the molecule is OP1(=S)Oc2c(-c3c4ccccc4cc4ccccc34)cc3ccccc3c2-c2c(c(-c3c4ccccc4cc4ccccc34)cc3ccccc23)O1. The quantitative estimate of drug-likeness (QED) is 0.143. The smallest absolute Gasteiger partial charge is 0.414 e. The maximum Gasteiger partial charge on any atom is 0.432 e. The summed E-state index contributed by atoms with van der Waals surface area (Å²) < 4.78 is 13.6. The molecule has 0 fully saturated rings. The van der Waals surface area contributed by atoms with Gasteiger partial charge in [0.2, 0.25) is 0 Å². The summed E-state index contributed by atoms with van der Waals surface area (Å²) in [5.74, 6) is 1.06. The second-order valence-electron chi connectivity index (χ2n) is 13.7. The predicted molar refractivity (Wildman–Crippen MR) is 226 cm³/mol. The van der Waals surface area contributed by atoms with Gasteiger partial charge >= 0.3 is 6.72 Å². The van der Waals surface area contributed by atoms with Gasteiger partial charge in [0, 0.05) is 45.2 Å². The average Bonchev–Trinajstić information content (AvgIpc) is 3.32. The molecule has 11 rings (SSSR count). The van der Waals surface area contributed by atoms with E-state index in [-0.39, 0.29) is 0 Å². The number of fused-ring (bicyclic) bond motifs is 11. The van der Waals surface area contributed by atoms with Crippen LogP contribution in [0.3, 0.4) is 0 Å². The molecule has 0 saturated heterocycles. The lowest BCUT2D eigenvalue weighted by Gasteiger charge is -2.21. The van der Waals surface area contributed by atoms with Gasteiger partial charge in [0.1, 0.15) is 11.5 Å². The van der Waals surface area contributed by atoms with Gasteiger partial charge in [0.25, 0.3) is 0 Å². The first-order valence-corrected chi connectivity index (χ1v) is 20.3. The van der Waals surface area contributed by atoms with Crippen molar-refractivity contribution in [1.29, 1.82) is 0 Å². The molecule has 1 N–H and O–H groups in total. The Balaban J connectivity index is 1.37. The monoisotopic (exact) mass is 716 g/mol. The van der Waals surface area contributed by atoms with Gasteiger partial charge in [-0.15, -0.1) is 0 Å². The Morgan fingerprint density at radius 2 is 0.585 bits per heavy atom. The summed E-state index contributed by atoms with van der Waals surface area (Å²) in [4.78, 5) is 12.3. The largest absolute Gasteiger partial charge is 0.432 e. The van der Waals surface area contributed by atoms with Crippen LogP contribution in [-0.4, -0.2) is 4.89 Å². The van der Waals surface area contributed by atoms with E-state index < -0.39 is 6.72 Å². The highest BCUT2D eigenvalue weighted by Crippen LogP contribution is 2.63. The standard InChI is InChI=1S/C48H29O3PS/c49-52(53)50-47-41(43-35-19-7-1-13-29(35)25-30-14-2-8-20-36(30)43)27-33-17-5-11-23-39(33)45(47)46-40-24-12-6-18-34(40)28-42(48(46)51-52)44-37-21-9-3-15-31(37)26-32-16-4-10-22-38(32)44/h1-28H,(H,49,53). The lowest BCUT2D eigenvalue weighted by atomic mass is 9.83. The molecule has 0 radical (unpaired) electrons. The molecule has 0 bridgehead atoms. The molecule has 5 heteroatoms. The van der Waals surface area contributed by atoms with Gasteiger partial charge < -0.3 is 13.9 Å². The zero-order chi connectivity index (χ0) is 35.3. The van der Waals surface area contributed by atoms with Crippen molar-refractivity contribution in [3.63, 3.8) is 0 Å². The second kappa shape index (κ2) is 11.5. The van der Waals surface area contributed by atoms with Crippen LogP contribution in [0.4, 0.5) is 0 Å². The molecule has 1 aliphatic heterocycles. The van der Waals surface area contributed by atoms with Gasteiger partial charge in [-0.2, -0.15) is 0 Å². The van der Waals surface area contributed by atoms with Crippen molar-refractivity contribution in [2.45, 2.75) is 0 Å². The van der Waals surface area contributed by atoms with Crippen LogP contribution in [0.15, 0.2) is 170 Å². The Labute approximate surface area is 310 Å². The summed E-state index contributed by atoms with van der Waals surface area (Å²) >= 11 is 6.00. The molecule has 0 atom stereocenters. The summed E-state index contributed by atoms with van der Waals surface area (Å²) in [6.07, 6.45) is 0. The molecule has 10 aromatic rings. The Morgan fingerprint density at radius 1 is 0.340 bits per heavy atom. The lowest BCUT2D eigenvalue weighted by Crippen LogP contribution is -2.00. The second-order valence-corrected chi connectivity index (χ2v) is 16.4. The molecule has 0 aromatic heterocycles. The van der Waals surface area contributed by atoms with E-state index >= 15 is 0 Å². The topological polar surface area (TPSA) is 38.7 Å². The summed E-state index contributed by atoms with van der Waals surface area (Å²) in [5, 5.41) is 12.9. The fourth-order valence-electron chi connectivity index (χ4n) is 8.57. The molecule has 0 unspecified atom stereocenters. The summed E-state index contributed by atoms with van der Waals surface area (Å²) in [6, 6.07) is 59.5. The first-order valence-electron chi connectivity index (χ1n) is 17.7. The molecule has 1 heterocycles. The highest BCUT2D eigenvalue weighted by atomic mass is 32.5.